The third-order valence-corrected chi connectivity index (χ3v) is 1.63. The minimum atomic E-state index is 0.799. The van der Waals surface area contributed by atoms with Crippen molar-refractivity contribution in [2.75, 3.05) is 14.1 Å². The number of nitrogens with zero attached hydrogens (tertiary/aromatic N) is 4. The molecular formula is C9H10N4O. The van der Waals surface area contributed by atoms with Crippen molar-refractivity contribution < 1.29 is 4.84 Å². The van der Waals surface area contributed by atoms with Gasteiger partial charge in [-0.1, -0.05) is 17.0 Å². The Hall–Kier alpha value is -1.62. The molecule has 0 saturated carbocycles. The third kappa shape index (κ3) is 1.67. The molecule has 0 aliphatic carbocycles. The molecule has 0 unspecified atom stereocenters. The Kier molecular flexibility index (Phi) is 2.32. The maximum Gasteiger partial charge on any atom is 0.315 e. The highest BCUT2D eigenvalue weighted by atomic mass is 16.7. The van der Waals surface area contributed by atoms with Crippen LogP contribution in [-0.4, -0.2) is 34.2 Å². The van der Waals surface area contributed by atoms with Gasteiger partial charge in [-0.05, 0) is 31.4 Å². The predicted molar refractivity (Wildman–Crippen MR) is 51.0 cm³/mol. The molecule has 0 bridgehead atoms. The van der Waals surface area contributed by atoms with Crippen molar-refractivity contribution in [2.45, 2.75) is 0 Å². The van der Waals surface area contributed by atoms with E-state index in [0.29, 0.717) is 0 Å². The van der Waals surface area contributed by atoms with E-state index in [0.717, 1.165) is 11.0 Å². The van der Waals surface area contributed by atoms with Gasteiger partial charge in [0.2, 0.25) is 0 Å². The molecular weight excluding hydrogens is 180 g/mol. The first-order chi connectivity index (χ1) is 6.77. The molecule has 1 aromatic heterocycles. The van der Waals surface area contributed by atoms with E-state index >= 15 is 0 Å². The molecule has 0 fully saturated rings. The maximum atomic E-state index is 5.14. The SMILES string of the molecule is CN(C)[C]On1nnc2ccccc21. The minimum absolute atomic E-state index is 0.799. The molecule has 0 spiro atoms. The molecule has 14 heavy (non-hydrogen) atoms. The number of hydrogen-bond donors (Lipinski definition) is 0. The molecule has 2 radical (unpaired) electrons. The zero-order chi connectivity index (χ0) is 9.97. The van der Waals surface area contributed by atoms with Crippen molar-refractivity contribution in [1.29, 1.82) is 0 Å². The Bertz CT molecular complexity index is 423. The van der Waals surface area contributed by atoms with Gasteiger partial charge in [0.15, 0.2) is 0 Å². The van der Waals surface area contributed by atoms with Crippen LogP contribution in [0.2, 0.25) is 0 Å². The molecule has 0 N–H and O–H groups in total. The molecule has 0 aliphatic heterocycles. The number of hydrogen-bond acceptors (Lipinski definition) is 4. The summed E-state index contributed by atoms with van der Waals surface area (Å²) in [7, 11) is 3.64. The summed E-state index contributed by atoms with van der Waals surface area (Å²) in [4.78, 5) is 8.13. The Labute approximate surface area is 81.8 Å². The van der Waals surface area contributed by atoms with Crippen LogP contribution in [0.15, 0.2) is 24.3 Å². The minimum Gasteiger partial charge on any atom is -0.359 e. The fourth-order valence-corrected chi connectivity index (χ4v) is 1.04. The Morgan fingerprint density at radius 3 is 2.93 bits per heavy atom. The Morgan fingerprint density at radius 1 is 1.36 bits per heavy atom. The fraction of sp³-hybridized carbons (Fsp3) is 0.222. The van der Waals surface area contributed by atoms with Gasteiger partial charge in [-0.2, -0.15) is 0 Å². The highest BCUT2D eigenvalue weighted by Crippen LogP contribution is 2.08. The van der Waals surface area contributed by atoms with Crippen LogP contribution in [0.4, 0.5) is 0 Å². The highest BCUT2D eigenvalue weighted by Gasteiger charge is 2.04. The topological polar surface area (TPSA) is 43.2 Å². The average molecular weight is 190 g/mol. The van der Waals surface area contributed by atoms with Gasteiger partial charge < -0.3 is 4.84 Å². The molecule has 0 aliphatic rings. The first-order valence-electron chi connectivity index (χ1n) is 4.18. The standard InChI is InChI=1S/C9H10N4O/c1-12(2)7-14-13-9-6-4-3-5-8(9)10-11-13/h3-6H,1-2H3. The van der Waals surface area contributed by atoms with Gasteiger partial charge in [0.05, 0.1) is 0 Å². The quantitative estimate of drug-likeness (QED) is 0.658. The molecule has 0 atom stereocenters. The van der Waals surface area contributed by atoms with Gasteiger partial charge in [0.1, 0.15) is 11.0 Å². The van der Waals surface area contributed by atoms with Gasteiger partial charge in [0, 0.05) is 0 Å². The molecule has 0 saturated heterocycles. The monoisotopic (exact) mass is 190 g/mol. The van der Waals surface area contributed by atoms with E-state index in [1.807, 2.05) is 38.4 Å². The van der Waals surface area contributed by atoms with E-state index in [2.05, 4.69) is 17.0 Å². The first kappa shape index (κ1) is 8.96. The summed E-state index contributed by atoms with van der Waals surface area (Å²) < 4.78 is 0. The van der Waals surface area contributed by atoms with Crippen LogP contribution in [-0.2, 0) is 0 Å². The van der Waals surface area contributed by atoms with Gasteiger partial charge in [-0.15, -0.1) is 5.10 Å². The Morgan fingerprint density at radius 2 is 2.14 bits per heavy atom. The van der Waals surface area contributed by atoms with Crippen molar-refractivity contribution in [1.82, 2.24) is 20.1 Å². The number of benzene rings is 1. The summed E-state index contributed by atoms with van der Waals surface area (Å²) in [6.45, 7) is 2.63. The van der Waals surface area contributed by atoms with Crippen LogP contribution in [0.3, 0.4) is 0 Å². The zero-order valence-corrected chi connectivity index (χ0v) is 8.01. The fourth-order valence-electron chi connectivity index (χ4n) is 1.04. The van der Waals surface area contributed by atoms with Gasteiger partial charge in [0.25, 0.3) is 0 Å². The molecule has 72 valence electrons. The molecule has 2 aromatic rings. The maximum absolute atomic E-state index is 5.14. The zero-order valence-electron chi connectivity index (χ0n) is 8.01. The second-order valence-corrected chi connectivity index (χ2v) is 3.03. The third-order valence-electron chi connectivity index (χ3n) is 1.63. The van der Waals surface area contributed by atoms with Crippen LogP contribution >= 0.6 is 0 Å². The Balaban J connectivity index is 2.25. The van der Waals surface area contributed by atoms with E-state index < -0.39 is 0 Å². The lowest BCUT2D eigenvalue weighted by atomic mass is 10.3. The highest BCUT2D eigenvalue weighted by molar-refractivity contribution is 5.73. The normalized spacial score (nSPS) is 11.1. The summed E-state index contributed by atoms with van der Waals surface area (Å²) in [6.07, 6.45) is 0. The lowest BCUT2D eigenvalue weighted by Crippen LogP contribution is -2.20. The summed E-state index contributed by atoms with van der Waals surface area (Å²) in [5.74, 6) is 0. The van der Waals surface area contributed by atoms with Crippen LogP contribution < -0.4 is 4.84 Å². The molecule has 0 amide bonds. The number of para-hydroxylation sites is 1. The first-order valence-corrected chi connectivity index (χ1v) is 4.18. The summed E-state index contributed by atoms with van der Waals surface area (Å²) >= 11 is 0. The number of fused-ring (bicyclic) bond motifs is 1. The van der Waals surface area contributed by atoms with Crippen LogP contribution in [0.1, 0.15) is 0 Å². The number of rotatable bonds is 3. The molecule has 2 rings (SSSR count). The molecule has 5 nitrogen and oxygen atoms in total. The summed E-state index contributed by atoms with van der Waals surface area (Å²) in [5, 5.41) is 7.75. The second kappa shape index (κ2) is 3.63. The van der Waals surface area contributed by atoms with Gasteiger partial charge in [-0.3, -0.25) is 4.90 Å². The van der Waals surface area contributed by atoms with E-state index in [9.17, 15) is 0 Å². The van der Waals surface area contributed by atoms with E-state index in [1.165, 1.54) is 4.85 Å². The summed E-state index contributed by atoms with van der Waals surface area (Å²) in [6, 6.07) is 7.56. The van der Waals surface area contributed by atoms with E-state index in [-0.39, 0.29) is 0 Å². The van der Waals surface area contributed by atoms with E-state index in [4.69, 9.17) is 4.84 Å². The van der Waals surface area contributed by atoms with Gasteiger partial charge >= 0.3 is 6.73 Å². The lowest BCUT2D eigenvalue weighted by Gasteiger charge is -2.06. The van der Waals surface area contributed by atoms with Crippen molar-refractivity contribution >= 4 is 11.0 Å². The van der Waals surface area contributed by atoms with E-state index in [1.54, 1.807) is 4.90 Å². The van der Waals surface area contributed by atoms with Crippen molar-refractivity contribution in [3.8, 4) is 0 Å². The lowest BCUT2D eigenvalue weighted by molar-refractivity contribution is 0.0870. The van der Waals surface area contributed by atoms with Crippen molar-refractivity contribution in [3.05, 3.63) is 31.0 Å². The predicted octanol–water partition coefficient (Wildman–Crippen LogP) is 0.418. The molecule has 1 aromatic carbocycles. The summed E-state index contributed by atoms with van der Waals surface area (Å²) in [5.41, 5.74) is 1.62. The molecule has 1 heterocycles. The smallest absolute Gasteiger partial charge is 0.315 e. The van der Waals surface area contributed by atoms with Gasteiger partial charge in [-0.25, -0.2) is 0 Å². The largest absolute Gasteiger partial charge is 0.359 e. The van der Waals surface area contributed by atoms with Crippen LogP contribution in [0.25, 0.3) is 11.0 Å². The van der Waals surface area contributed by atoms with Crippen molar-refractivity contribution in [2.24, 2.45) is 0 Å². The second-order valence-electron chi connectivity index (χ2n) is 3.03. The number of aromatic nitrogens is 3. The van der Waals surface area contributed by atoms with Crippen molar-refractivity contribution in [3.63, 3.8) is 0 Å². The average Bonchev–Trinajstić information content (AvgIpc) is 2.58. The molecule has 5 heteroatoms. The van der Waals surface area contributed by atoms with Crippen LogP contribution in [0.5, 0.6) is 0 Å². The van der Waals surface area contributed by atoms with Crippen LogP contribution in [0, 0.1) is 6.73 Å².